The molecule has 6 nitrogen and oxygen atoms in total. The molecule has 1 aliphatic heterocycles. The highest BCUT2D eigenvalue weighted by Gasteiger charge is 2.25. The number of rotatable bonds is 4. The van der Waals surface area contributed by atoms with Crippen LogP contribution < -0.4 is 0 Å². The molecule has 4 aromatic rings. The van der Waals surface area contributed by atoms with E-state index in [0.29, 0.717) is 11.6 Å². The SMILES string of the molecule is O=C1OC(c2ccccc2)=N/C1=C/c1cn(-c2ccccc2)nc1-c1cccnc1. The van der Waals surface area contributed by atoms with Crippen LogP contribution in [0.15, 0.2) is 102 Å². The summed E-state index contributed by atoms with van der Waals surface area (Å²) in [7, 11) is 0. The lowest BCUT2D eigenvalue weighted by Gasteiger charge is -1.99. The number of hydrogen-bond acceptors (Lipinski definition) is 5. The molecule has 0 aliphatic carbocycles. The minimum absolute atomic E-state index is 0.228. The summed E-state index contributed by atoms with van der Waals surface area (Å²) >= 11 is 0. The second-order valence-electron chi connectivity index (χ2n) is 6.66. The summed E-state index contributed by atoms with van der Waals surface area (Å²) in [5, 5.41) is 4.73. The van der Waals surface area contributed by atoms with Crippen LogP contribution in [-0.4, -0.2) is 26.6 Å². The minimum Gasteiger partial charge on any atom is -0.402 e. The molecule has 0 saturated carbocycles. The average molecular weight is 392 g/mol. The predicted octanol–water partition coefficient (Wildman–Crippen LogP) is 4.28. The molecule has 6 heteroatoms. The Kier molecular flexibility index (Phi) is 4.50. The van der Waals surface area contributed by atoms with Crippen molar-refractivity contribution in [1.82, 2.24) is 14.8 Å². The molecule has 5 rings (SSSR count). The van der Waals surface area contributed by atoms with Crippen LogP contribution in [0.25, 0.3) is 23.0 Å². The standard InChI is InChI=1S/C24H16N4O2/c29-24-21(26-23(30-24)17-8-3-1-4-9-17)14-19-16-28(20-11-5-2-6-12-20)27-22(19)18-10-7-13-25-15-18/h1-16H/b21-14+. The van der Waals surface area contributed by atoms with Crippen LogP contribution >= 0.6 is 0 Å². The Morgan fingerprint density at radius 2 is 1.60 bits per heavy atom. The molecule has 0 saturated heterocycles. The zero-order chi connectivity index (χ0) is 20.3. The van der Waals surface area contributed by atoms with Crippen LogP contribution in [0.3, 0.4) is 0 Å². The van der Waals surface area contributed by atoms with Gasteiger partial charge in [0.1, 0.15) is 5.69 Å². The van der Waals surface area contributed by atoms with Gasteiger partial charge in [-0.3, -0.25) is 4.98 Å². The van der Waals surface area contributed by atoms with Gasteiger partial charge in [0.05, 0.1) is 5.69 Å². The van der Waals surface area contributed by atoms with E-state index in [1.54, 1.807) is 23.2 Å². The highest BCUT2D eigenvalue weighted by molar-refractivity contribution is 6.13. The van der Waals surface area contributed by atoms with E-state index < -0.39 is 5.97 Å². The molecular weight excluding hydrogens is 376 g/mol. The molecule has 1 aliphatic rings. The van der Waals surface area contributed by atoms with Crippen molar-refractivity contribution in [3.63, 3.8) is 0 Å². The quantitative estimate of drug-likeness (QED) is 0.384. The fourth-order valence-corrected chi connectivity index (χ4v) is 3.19. The van der Waals surface area contributed by atoms with Gasteiger partial charge in [-0.1, -0.05) is 36.4 Å². The third-order valence-electron chi connectivity index (χ3n) is 4.63. The first kappa shape index (κ1) is 17.8. The number of hydrogen-bond donors (Lipinski definition) is 0. The van der Waals surface area contributed by atoms with Gasteiger partial charge in [0.2, 0.25) is 5.90 Å². The maximum Gasteiger partial charge on any atom is 0.363 e. The van der Waals surface area contributed by atoms with Crippen LogP contribution in [0.4, 0.5) is 0 Å². The Bertz CT molecular complexity index is 1260. The molecule has 3 heterocycles. The topological polar surface area (TPSA) is 69.4 Å². The fraction of sp³-hybridized carbons (Fsp3) is 0. The van der Waals surface area contributed by atoms with Crippen molar-refractivity contribution >= 4 is 17.9 Å². The maximum absolute atomic E-state index is 12.4. The van der Waals surface area contributed by atoms with E-state index in [2.05, 4.69) is 9.98 Å². The van der Waals surface area contributed by atoms with Crippen molar-refractivity contribution in [3.05, 3.63) is 108 Å². The molecule has 144 valence electrons. The first-order valence-electron chi connectivity index (χ1n) is 9.41. The molecule has 2 aromatic heterocycles. The predicted molar refractivity (Wildman–Crippen MR) is 114 cm³/mol. The summed E-state index contributed by atoms with van der Waals surface area (Å²) in [6, 6.07) is 22.9. The first-order chi connectivity index (χ1) is 14.8. The van der Waals surface area contributed by atoms with E-state index in [1.807, 2.05) is 79.0 Å². The van der Waals surface area contributed by atoms with Gasteiger partial charge in [-0.25, -0.2) is 14.5 Å². The minimum atomic E-state index is -0.488. The molecule has 0 radical (unpaired) electrons. The average Bonchev–Trinajstić information content (AvgIpc) is 3.40. The van der Waals surface area contributed by atoms with Crippen LogP contribution in [-0.2, 0) is 9.53 Å². The molecule has 0 amide bonds. The van der Waals surface area contributed by atoms with Crippen LogP contribution in [0, 0.1) is 0 Å². The van der Waals surface area contributed by atoms with E-state index in [9.17, 15) is 4.79 Å². The van der Waals surface area contributed by atoms with Gasteiger partial charge in [0.15, 0.2) is 5.70 Å². The smallest absolute Gasteiger partial charge is 0.363 e. The van der Waals surface area contributed by atoms with Gasteiger partial charge in [0, 0.05) is 35.3 Å². The van der Waals surface area contributed by atoms with E-state index >= 15 is 0 Å². The van der Waals surface area contributed by atoms with Crippen LogP contribution in [0.2, 0.25) is 0 Å². The number of pyridine rings is 1. The highest BCUT2D eigenvalue weighted by Crippen LogP contribution is 2.27. The van der Waals surface area contributed by atoms with Gasteiger partial charge in [0.25, 0.3) is 0 Å². The summed E-state index contributed by atoms with van der Waals surface area (Å²) in [5.41, 5.74) is 4.19. The van der Waals surface area contributed by atoms with Crippen LogP contribution in [0.5, 0.6) is 0 Å². The summed E-state index contributed by atoms with van der Waals surface area (Å²) in [6.45, 7) is 0. The van der Waals surface area contributed by atoms with E-state index in [0.717, 1.165) is 22.4 Å². The third kappa shape index (κ3) is 3.42. The normalized spacial score (nSPS) is 14.6. The van der Waals surface area contributed by atoms with Crippen molar-refractivity contribution in [2.75, 3.05) is 0 Å². The number of esters is 1. The number of carbonyl (C=O) groups is 1. The first-order valence-corrected chi connectivity index (χ1v) is 9.41. The Morgan fingerprint density at radius 1 is 0.867 bits per heavy atom. The molecule has 2 aromatic carbocycles. The second-order valence-corrected chi connectivity index (χ2v) is 6.66. The van der Waals surface area contributed by atoms with Crippen molar-refractivity contribution in [3.8, 4) is 16.9 Å². The Morgan fingerprint density at radius 3 is 2.33 bits per heavy atom. The van der Waals surface area contributed by atoms with Gasteiger partial charge in [-0.2, -0.15) is 5.10 Å². The van der Waals surface area contributed by atoms with Crippen molar-refractivity contribution in [2.45, 2.75) is 0 Å². The van der Waals surface area contributed by atoms with E-state index in [-0.39, 0.29) is 5.70 Å². The second kappa shape index (κ2) is 7.60. The fourth-order valence-electron chi connectivity index (χ4n) is 3.19. The van der Waals surface area contributed by atoms with Crippen LogP contribution in [0.1, 0.15) is 11.1 Å². The third-order valence-corrected chi connectivity index (χ3v) is 4.63. The molecule has 0 atom stereocenters. The molecule has 0 bridgehead atoms. The number of carbonyl (C=O) groups excluding carboxylic acids is 1. The number of aliphatic imine (C=N–C) groups is 1. The summed E-state index contributed by atoms with van der Waals surface area (Å²) < 4.78 is 7.15. The number of cyclic esters (lactones) is 1. The van der Waals surface area contributed by atoms with Gasteiger partial charge >= 0.3 is 5.97 Å². The van der Waals surface area contributed by atoms with Crippen molar-refractivity contribution < 1.29 is 9.53 Å². The van der Waals surface area contributed by atoms with E-state index in [4.69, 9.17) is 9.84 Å². The Balaban J connectivity index is 1.60. The number of para-hydroxylation sites is 1. The Hall–Kier alpha value is -4.32. The number of ether oxygens (including phenoxy) is 1. The zero-order valence-corrected chi connectivity index (χ0v) is 15.8. The Labute approximate surface area is 172 Å². The molecule has 0 spiro atoms. The van der Waals surface area contributed by atoms with Gasteiger partial charge in [-0.05, 0) is 42.5 Å². The summed E-state index contributed by atoms with van der Waals surface area (Å²) in [5.74, 6) is -0.191. The lowest BCUT2D eigenvalue weighted by atomic mass is 10.1. The summed E-state index contributed by atoms with van der Waals surface area (Å²) in [6.07, 6.45) is 7.02. The lowest BCUT2D eigenvalue weighted by molar-refractivity contribution is -0.129. The zero-order valence-electron chi connectivity index (χ0n) is 15.8. The van der Waals surface area contributed by atoms with Crippen molar-refractivity contribution in [1.29, 1.82) is 0 Å². The number of benzene rings is 2. The van der Waals surface area contributed by atoms with E-state index in [1.165, 1.54) is 0 Å². The largest absolute Gasteiger partial charge is 0.402 e. The number of nitrogens with zero attached hydrogens (tertiary/aromatic N) is 4. The van der Waals surface area contributed by atoms with Gasteiger partial charge < -0.3 is 4.74 Å². The monoisotopic (exact) mass is 392 g/mol. The molecular formula is C24H16N4O2. The maximum atomic E-state index is 12.4. The lowest BCUT2D eigenvalue weighted by Crippen LogP contribution is -2.04. The molecule has 30 heavy (non-hydrogen) atoms. The molecule has 0 fully saturated rings. The summed E-state index contributed by atoms with van der Waals surface area (Å²) in [4.78, 5) is 21.0. The molecule has 0 N–H and O–H groups in total. The highest BCUT2D eigenvalue weighted by atomic mass is 16.6. The van der Waals surface area contributed by atoms with Crippen molar-refractivity contribution in [2.24, 2.45) is 4.99 Å². The number of aromatic nitrogens is 3. The molecule has 0 unspecified atom stereocenters. The van der Waals surface area contributed by atoms with Gasteiger partial charge in [-0.15, -0.1) is 0 Å².